The van der Waals surface area contributed by atoms with Gasteiger partial charge in [-0.2, -0.15) is 0 Å². The fourth-order valence-electron chi connectivity index (χ4n) is 2.39. The second-order valence-electron chi connectivity index (χ2n) is 4.80. The summed E-state index contributed by atoms with van der Waals surface area (Å²) < 4.78 is 25.2. The van der Waals surface area contributed by atoms with E-state index in [4.69, 9.17) is 9.47 Å². The van der Waals surface area contributed by atoms with Crippen LogP contribution >= 0.6 is 15.9 Å². The highest BCUT2D eigenvalue weighted by molar-refractivity contribution is 9.10. The number of benzene rings is 2. The molecule has 20 heavy (non-hydrogen) atoms. The molecule has 0 unspecified atom stereocenters. The molecule has 2 aromatic rings. The number of aliphatic hydroxyl groups is 1. The molecule has 0 spiro atoms. The van der Waals surface area contributed by atoms with Crippen LogP contribution in [0.15, 0.2) is 34.8 Å². The first-order chi connectivity index (χ1) is 9.43. The van der Waals surface area contributed by atoms with Crippen molar-refractivity contribution in [2.45, 2.75) is 12.5 Å². The maximum absolute atomic E-state index is 13.8. The molecular formula is C15H12BrFO3. The summed E-state index contributed by atoms with van der Waals surface area (Å²) in [6.07, 6.45) is 0. The van der Waals surface area contributed by atoms with E-state index >= 15 is 0 Å². The quantitative estimate of drug-likeness (QED) is 0.855. The van der Waals surface area contributed by atoms with Gasteiger partial charge in [0.05, 0.1) is 7.11 Å². The molecule has 0 amide bonds. The molecule has 0 bridgehead atoms. The van der Waals surface area contributed by atoms with Crippen LogP contribution in [-0.2, 0) is 5.60 Å². The lowest BCUT2D eigenvalue weighted by Gasteiger charge is -2.33. The normalized spacial score (nSPS) is 19.9. The SMILES string of the molecule is COc1cc2c(cc1F)Oc1ccc(Br)cc1[C@@]2(C)O. The second-order valence-corrected chi connectivity index (χ2v) is 5.71. The topological polar surface area (TPSA) is 38.7 Å². The summed E-state index contributed by atoms with van der Waals surface area (Å²) >= 11 is 3.37. The van der Waals surface area contributed by atoms with Gasteiger partial charge in [0.15, 0.2) is 11.6 Å². The first-order valence-corrected chi connectivity index (χ1v) is 6.81. The van der Waals surface area contributed by atoms with Crippen LogP contribution in [0, 0.1) is 5.82 Å². The van der Waals surface area contributed by atoms with Crippen molar-refractivity contribution in [3.8, 4) is 17.2 Å². The van der Waals surface area contributed by atoms with E-state index in [1.54, 1.807) is 25.1 Å². The number of hydrogen-bond donors (Lipinski definition) is 1. The number of fused-ring (bicyclic) bond motifs is 2. The summed E-state index contributed by atoms with van der Waals surface area (Å²) in [5.41, 5.74) is -0.192. The summed E-state index contributed by atoms with van der Waals surface area (Å²) in [6.45, 7) is 1.65. The maximum Gasteiger partial charge on any atom is 0.168 e. The van der Waals surface area contributed by atoms with Gasteiger partial charge in [0.1, 0.15) is 17.1 Å². The van der Waals surface area contributed by atoms with Crippen molar-refractivity contribution in [1.82, 2.24) is 0 Å². The van der Waals surface area contributed by atoms with E-state index in [1.807, 2.05) is 0 Å². The molecule has 104 valence electrons. The summed E-state index contributed by atoms with van der Waals surface area (Å²) in [4.78, 5) is 0. The van der Waals surface area contributed by atoms with Crippen LogP contribution in [0.5, 0.6) is 17.2 Å². The molecule has 1 atom stereocenters. The molecule has 1 aliphatic heterocycles. The van der Waals surface area contributed by atoms with Gasteiger partial charge < -0.3 is 14.6 Å². The fourth-order valence-corrected chi connectivity index (χ4v) is 2.75. The first-order valence-electron chi connectivity index (χ1n) is 6.01. The minimum Gasteiger partial charge on any atom is -0.494 e. The van der Waals surface area contributed by atoms with Gasteiger partial charge in [-0.05, 0) is 31.2 Å². The molecule has 1 N–H and O–H groups in total. The Hall–Kier alpha value is -1.59. The van der Waals surface area contributed by atoms with Gasteiger partial charge >= 0.3 is 0 Å². The van der Waals surface area contributed by atoms with Gasteiger partial charge in [-0.15, -0.1) is 0 Å². The zero-order valence-electron chi connectivity index (χ0n) is 10.9. The van der Waals surface area contributed by atoms with Crippen molar-refractivity contribution in [3.63, 3.8) is 0 Å². The summed E-state index contributed by atoms with van der Waals surface area (Å²) in [7, 11) is 1.38. The lowest BCUT2D eigenvalue weighted by molar-refractivity contribution is 0.0894. The molecule has 0 saturated heterocycles. The number of ether oxygens (including phenoxy) is 2. The van der Waals surface area contributed by atoms with Crippen LogP contribution in [0.3, 0.4) is 0 Å². The van der Waals surface area contributed by atoms with E-state index in [9.17, 15) is 9.50 Å². The van der Waals surface area contributed by atoms with Crippen LogP contribution in [0.25, 0.3) is 0 Å². The predicted octanol–water partition coefficient (Wildman–Crippen LogP) is 3.96. The molecule has 2 aromatic carbocycles. The average molecular weight is 339 g/mol. The van der Waals surface area contributed by atoms with Gasteiger partial charge in [0, 0.05) is 21.7 Å². The third-order valence-corrected chi connectivity index (χ3v) is 3.96. The van der Waals surface area contributed by atoms with Gasteiger partial charge in [-0.25, -0.2) is 4.39 Å². The molecule has 0 saturated carbocycles. The number of methoxy groups -OCH3 is 1. The van der Waals surface area contributed by atoms with E-state index in [0.717, 1.165) is 4.47 Å². The zero-order valence-corrected chi connectivity index (χ0v) is 12.5. The third-order valence-electron chi connectivity index (χ3n) is 3.46. The third kappa shape index (κ3) is 1.89. The highest BCUT2D eigenvalue weighted by Crippen LogP contribution is 2.48. The molecule has 5 heteroatoms. The van der Waals surface area contributed by atoms with Crippen molar-refractivity contribution in [1.29, 1.82) is 0 Å². The lowest BCUT2D eigenvalue weighted by atomic mass is 9.85. The van der Waals surface area contributed by atoms with Crippen molar-refractivity contribution in [3.05, 3.63) is 51.7 Å². The Kier molecular flexibility index (Phi) is 2.99. The van der Waals surface area contributed by atoms with Crippen LogP contribution in [0.4, 0.5) is 4.39 Å². The van der Waals surface area contributed by atoms with E-state index in [-0.39, 0.29) is 5.75 Å². The summed E-state index contributed by atoms with van der Waals surface area (Å²) in [5.74, 6) is 0.354. The van der Waals surface area contributed by atoms with Gasteiger partial charge in [0.25, 0.3) is 0 Å². The Balaban J connectivity index is 2.25. The molecular weight excluding hydrogens is 327 g/mol. The molecule has 0 fully saturated rings. The highest BCUT2D eigenvalue weighted by Gasteiger charge is 2.37. The Labute approximate surface area is 124 Å². The molecule has 0 radical (unpaired) electrons. The summed E-state index contributed by atoms with van der Waals surface area (Å²) in [5, 5.41) is 10.8. The van der Waals surface area contributed by atoms with E-state index in [1.165, 1.54) is 19.2 Å². The second kappa shape index (κ2) is 4.46. The van der Waals surface area contributed by atoms with Crippen LogP contribution in [0.2, 0.25) is 0 Å². The van der Waals surface area contributed by atoms with Crippen LogP contribution < -0.4 is 9.47 Å². The number of hydrogen-bond acceptors (Lipinski definition) is 3. The standard InChI is InChI=1S/C15H12BrFO3/c1-15(18)9-5-8(16)3-4-12(9)20-13-7-11(17)14(19-2)6-10(13)15/h3-7,18H,1-2H3/t15-/m1/s1. The molecule has 1 heterocycles. The van der Waals surface area contributed by atoms with Crippen molar-refractivity contribution in [2.24, 2.45) is 0 Å². The smallest absolute Gasteiger partial charge is 0.168 e. The maximum atomic E-state index is 13.8. The lowest BCUT2D eigenvalue weighted by Crippen LogP contribution is -2.27. The summed E-state index contributed by atoms with van der Waals surface area (Å²) in [6, 6.07) is 8.02. The largest absolute Gasteiger partial charge is 0.494 e. The van der Waals surface area contributed by atoms with E-state index < -0.39 is 11.4 Å². The van der Waals surface area contributed by atoms with Crippen LogP contribution in [0.1, 0.15) is 18.1 Å². The van der Waals surface area contributed by atoms with Gasteiger partial charge in [-0.3, -0.25) is 0 Å². The van der Waals surface area contributed by atoms with E-state index in [0.29, 0.717) is 22.6 Å². The van der Waals surface area contributed by atoms with Crippen molar-refractivity contribution >= 4 is 15.9 Å². The monoisotopic (exact) mass is 338 g/mol. The predicted molar refractivity (Wildman–Crippen MR) is 75.8 cm³/mol. The van der Waals surface area contributed by atoms with Gasteiger partial charge in [-0.1, -0.05) is 15.9 Å². The molecule has 0 aliphatic carbocycles. The fraction of sp³-hybridized carbons (Fsp3) is 0.200. The Morgan fingerprint density at radius 1 is 1.20 bits per heavy atom. The molecule has 3 nitrogen and oxygen atoms in total. The Morgan fingerprint density at radius 2 is 1.90 bits per heavy atom. The minimum absolute atomic E-state index is 0.0751. The zero-order chi connectivity index (χ0) is 14.5. The Morgan fingerprint density at radius 3 is 2.60 bits per heavy atom. The highest BCUT2D eigenvalue weighted by atomic mass is 79.9. The Bertz CT molecular complexity index is 698. The number of rotatable bonds is 1. The van der Waals surface area contributed by atoms with Gasteiger partial charge in [0.2, 0.25) is 0 Å². The van der Waals surface area contributed by atoms with Crippen molar-refractivity contribution < 1.29 is 19.0 Å². The van der Waals surface area contributed by atoms with Crippen LogP contribution in [-0.4, -0.2) is 12.2 Å². The first kappa shape index (κ1) is 13.4. The average Bonchev–Trinajstić information content (AvgIpc) is 2.39. The molecule has 1 aliphatic rings. The molecule has 0 aromatic heterocycles. The van der Waals surface area contributed by atoms with E-state index in [2.05, 4.69) is 15.9 Å². The number of halogens is 2. The minimum atomic E-state index is -1.28. The molecule has 3 rings (SSSR count). The van der Waals surface area contributed by atoms with Crippen molar-refractivity contribution in [2.75, 3.05) is 7.11 Å².